The summed E-state index contributed by atoms with van der Waals surface area (Å²) < 4.78 is 0. The molecule has 1 aliphatic carbocycles. The van der Waals surface area contributed by atoms with Gasteiger partial charge >= 0.3 is 6.03 Å². The lowest BCUT2D eigenvalue weighted by Crippen LogP contribution is -2.47. The zero-order valence-electron chi connectivity index (χ0n) is 14.1. The summed E-state index contributed by atoms with van der Waals surface area (Å²) in [5.41, 5.74) is 0. The summed E-state index contributed by atoms with van der Waals surface area (Å²) in [5, 5.41) is 14.9. The summed E-state index contributed by atoms with van der Waals surface area (Å²) in [4.78, 5) is 25.7. The number of aliphatic hydroxyl groups excluding tert-OH is 1. The summed E-state index contributed by atoms with van der Waals surface area (Å²) in [5.74, 6) is 0.844. The van der Waals surface area contributed by atoms with E-state index in [0.717, 1.165) is 19.4 Å². The topological polar surface area (TPSA) is 81.7 Å². The van der Waals surface area contributed by atoms with Gasteiger partial charge < -0.3 is 20.6 Å². The highest BCUT2D eigenvalue weighted by molar-refractivity contribution is 5.76. The predicted molar refractivity (Wildman–Crippen MR) is 89.0 cm³/mol. The number of amides is 3. The molecule has 1 saturated carbocycles. The van der Waals surface area contributed by atoms with Crippen molar-refractivity contribution in [2.75, 3.05) is 32.8 Å². The van der Waals surface area contributed by atoms with Crippen LogP contribution in [0.3, 0.4) is 0 Å². The molecular weight excluding hydrogens is 294 g/mol. The highest BCUT2D eigenvalue weighted by Gasteiger charge is 2.22. The summed E-state index contributed by atoms with van der Waals surface area (Å²) in [6.07, 6.45) is 8.69. The summed E-state index contributed by atoms with van der Waals surface area (Å²) in [7, 11) is 0. The van der Waals surface area contributed by atoms with E-state index in [9.17, 15) is 14.7 Å². The fraction of sp³-hybridized carbons (Fsp3) is 0.882. The van der Waals surface area contributed by atoms with E-state index in [4.69, 9.17) is 0 Å². The SMILES string of the molecule is O=C(CC1CCCCC1)NCCNC(=O)N1CCCC(CO)C1. The number of hydrogen-bond donors (Lipinski definition) is 3. The van der Waals surface area contributed by atoms with Crippen LogP contribution < -0.4 is 10.6 Å². The molecule has 23 heavy (non-hydrogen) atoms. The molecule has 1 aliphatic heterocycles. The summed E-state index contributed by atoms with van der Waals surface area (Å²) in [6.45, 7) is 2.44. The fourth-order valence-corrected chi connectivity index (χ4v) is 3.61. The molecule has 0 spiro atoms. The van der Waals surface area contributed by atoms with E-state index in [2.05, 4.69) is 10.6 Å². The van der Waals surface area contributed by atoms with Crippen LogP contribution in [0, 0.1) is 11.8 Å². The van der Waals surface area contributed by atoms with Crippen molar-refractivity contribution in [2.45, 2.75) is 51.4 Å². The van der Waals surface area contributed by atoms with Gasteiger partial charge in [0.05, 0.1) is 0 Å². The van der Waals surface area contributed by atoms with Crippen LogP contribution in [0.5, 0.6) is 0 Å². The lowest BCUT2D eigenvalue weighted by molar-refractivity contribution is -0.122. The molecule has 0 radical (unpaired) electrons. The molecule has 1 heterocycles. The van der Waals surface area contributed by atoms with Crippen LogP contribution in [0.25, 0.3) is 0 Å². The minimum atomic E-state index is -0.0929. The molecule has 1 saturated heterocycles. The Kier molecular flexibility index (Phi) is 7.65. The summed E-state index contributed by atoms with van der Waals surface area (Å²) >= 11 is 0. The van der Waals surface area contributed by atoms with Gasteiger partial charge in [-0.2, -0.15) is 0 Å². The van der Waals surface area contributed by atoms with E-state index in [-0.39, 0.29) is 24.5 Å². The first-order valence-electron chi connectivity index (χ1n) is 9.09. The second-order valence-electron chi connectivity index (χ2n) is 6.93. The number of likely N-dealkylation sites (tertiary alicyclic amines) is 1. The quantitative estimate of drug-likeness (QED) is 0.647. The maximum Gasteiger partial charge on any atom is 0.317 e. The first kappa shape index (κ1) is 18.0. The van der Waals surface area contributed by atoms with E-state index >= 15 is 0 Å². The van der Waals surface area contributed by atoms with Crippen LogP contribution in [0.15, 0.2) is 0 Å². The summed E-state index contributed by atoms with van der Waals surface area (Å²) in [6, 6.07) is -0.0929. The van der Waals surface area contributed by atoms with Crippen LogP contribution in [-0.2, 0) is 4.79 Å². The molecule has 3 N–H and O–H groups in total. The molecule has 6 nitrogen and oxygen atoms in total. The Balaban J connectivity index is 1.55. The fourth-order valence-electron chi connectivity index (χ4n) is 3.61. The largest absolute Gasteiger partial charge is 0.396 e. The number of nitrogens with zero attached hydrogens (tertiary/aromatic N) is 1. The molecule has 6 heteroatoms. The number of nitrogens with one attached hydrogen (secondary N) is 2. The molecule has 2 rings (SSSR count). The van der Waals surface area contributed by atoms with Gasteiger partial charge in [0, 0.05) is 39.2 Å². The third-order valence-corrected chi connectivity index (χ3v) is 4.99. The Hall–Kier alpha value is -1.30. The Morgan fingerprint density at radius 3 is 2.39 bits per heavy atom. The molecule has 0 aromatic heterocycles. The number of piperidine rings is 1. The average molecular weight is 325 g/mol. The molecule has 1 atom stereocenters. The number of rotatable bonds is 6. The van der Waals surface area contributed by atoms with Crippen LogP contribution in [0.4, 0.5) is 4.79 Å². The first-order valence-corrected chi connectivity index (χ1v) is 9.09. The molecule has 1 unspecified atom stereocenters. The molecule has 3 amide bonds. The van der Waals surface area contributed by atoms with Gasteiger partial charge in [-0.15, -0.1) is 0 Å². The van der Waals surface area contributed by atoms with Crippen molar-refractivity contribution in [1.82, 2.24) is 15.5 Å². The Bertz CT molecular complexity index is 383. The third kappa shape index (κ3) is 6.37. The first-order chi connectivity index (χ1) is 11.2. The number of urea groups is 1. The van der Waals surface area contributed by atoms with Gasteiger partial charge in [0.1, 0.15) is 0 Å². The zero-order chi connectivity index (χ0) is 16.5. The van der Waals surface area contributed by atoms with Crippen molar-refractivity contribution in [3.8, 4) is 0 Å². The predicted octanol–water partition coefficient (Wildman–Crippen LogP) is 1.49. The van der Waals surface area contributed by atoms with Crippen molar-refractivity contribution in [3.05, 3.63) is 0 Å². The maximum absolute atomic E-state index is 12.0. The molecule has 2 aliphatic rings. The van der Waals surface area contributed by atoms with Gasteiger partial charge in [0.2, 0.25) is 5.91 Å². The lowest BCUT2D eigenvalue weighted by Gasteiger charge is -2.31. The minimum absolute atomic E-state index is 0.0929. The molecular formula is C17H31N3O3. The molecule has 0 aromatic carbocycles. The van der Waals surface area contributed by atoms with Crippen LogP contribution in [-0.4, -0.2) is 54.7 Å². The van der Waals surface area contributed by atoms with Crippen LogP contribution in [0.1, 0.15) is 51.4 Å². The van der Waals surface area contributed by atoms with E-state index in [1.807, 2.05) is 0 Å². The number of carbonyl (C=O) groups is 2. The average Bonchev–Trinajstić information content (AvgIpc) is 2.59. The zero-order valence-corrected chi connectivity index (χ0v) is 14.1. The molecule has 2 fully saturated rings. The van der Waals surface area contributed by atoms with Gasteiger partial charge in [0.15, 0.2) is 0 Å². The maximum atomic E-state index is 12.0. The number of carbonyl (C=O) groups excluding carboxylic acids is 2. The minimum Gasteiger partial charge on any atom is -0.396 e. The molecule has 132 valence electrons. The van der Waals surface area contributed by atoms with Gasteiger partial charge in [-0.05, 0) is 37.5 Å². The van der Waals surface area contributed by atoms with E-state index in [0.29, 0.717) is 32.0 Å². The van der Waals surface area contributed by atoms with Crippen molar-refractivity contribution >= 4 is 11.9 Å². The van der Waals surface area contributed by atoms with Crippen molar-refractivity contribution in [1.29, 1.82) is 0 Å². The van der Waals surface area contributed by atoms with Gasteiger partial charge in [0.25, 0.3) is 0 Å². The third-order valence-electron chi connectivity index (χ3n) is 4.99. The van der Waals surface area contributed by atoms with Crippen LogP contribution >= 0.6 is 0 Å². The molecule has 0 aromatic rings. The van der Waals surface area contributed by atoms with E-state index < -0.39 is 0 Å². The van der Waals surface area contributed by atoms with Gasteiger partial charge in [-0.3, -0.25) is 4.79 Å². The Morgan fingerprint density at radius 2 is 1.65 bits per heavy atom. The highest BCUT2D eigenvalue weighted by atomic mass is 16.3. The second-order valence-corrected chi connectivity index (χ2v) is 6.93. The van der Waals surface area contributed by atoms with Crippen molar-refractivity contribution in [2.24, 2.45) is 11.8 Å². The monoisotopic (exact) mass is 325 g/mol. The van der Waals surface area contributed by atoms with Gasteiger partial charge in [-0.25, -0.2) is 4.79 Å². The Labute approximate surface area is 139 Å². The normalized spacial score (nSPS) is 22.7. The smallest absolute Gasteiger partial charge is 0.317 e. The number of aliphatic hydroxyl groups is 1. The highest BCUT2D eigenvalue weighted by Crippen LogP contribution is 2.25. The standard InChI is InChI=1S/C17H31N3O3/c21-13-15-7-4-10-20(12-15)17(23)19-9-8-18-16(22)11-14-5-2-1-3-6-14/h14-15,21H,1-13H2,(H,18,22)(H,19,23). The number of hydrogen-bond acceptors (Lipinski definition) is 3. The van der Waals surface area contributed by atoms with E-state index in [1.54, 1.807) is 4.90 Å². The van der Waals surface area contributed by atoms with Crippen molar-refractivity contribution < 1.29 is 14.7 Å². The second kappa shape index (κ2) is 9.75. The van der Waals surface area contributed by atoms with Crippen LogP contribution in [0.2, 0.25) is 0 Å². The molecule has 0 bridgehead atoms. The van der Waals surface area contributed by atoms with Crippen molar-refractivity contribution in [3.63, 3.8) is 0 Å². The van der Waals surface area contributed by atoms with E-state index in [1.165, 1.54) is 32.1 Å². The van der Waals surface area contributed by atoms with Gasteiger partial charge in [-0.1, -0.05) is 19.3 Å². The Morgan fingerprint density at radius 1 is 0.957 bits per heavy atom. The lowest BCUT2D eigenvalue weighted by atomic mass is 9.87.